The predicted octanol–water partition coefficient (Wildman–Crippen LogP) is 4.25. The molecule has 4 aromatic rings. The number of nitrogens with one attached hydrogen (secondary N) is 3. The molecule has 0 saturated carbocycles. The number of nitrogens with zero attached hydrogens (tertiary/aromatic N) is 2. The number of aromatic amines is 1. The van der Waals surface area contributed by atoms with E-state index in [1.54, 1.807) is 55.8 Å². The van der Waals surface area contributed by atoms with E-state index in [0.717, 1.165) is 0 Å². The summed E-state index contributed by atoms with van der Waals surface area (Å²) in [6, 6.07) is 10.4. The highest BCUT2D eigenvalue weighted by molar-refractivity contribution is 6.31. The molecular formula is C24H22ClN5O4. The molecule has 0 bridgehead atoms. The number of hydrogen-bond acceptors (Lipinski definition) is 7. The van der Waals surface area contributed by atoms with E-state index < -0.39 is 11.6 Å². The van der Waals surface area contributed by atoms with Crippen LogP contribution in [0.5, 0.6) is 11.6 Å². The molecule has 0 radical (unpaired) electrons. The van der Waals surface area contributed by atoms with Crippen molar-refractivity contribution >= 4 is 39.9 Å². The van der Waals surface area contributed by atoms with Crippen LogP contribution < -0.4 is 15.4 Å². The molecule has 10 heteroatoms. The Hall–Kier alpha value is -3.66. The number of pyridine rings is 2. The SMILES string of the molecule is COC[C@]1(C)Nc2c(cnc3[nH]cc(C(O)c4ccc(Oc5ccccn5)cc4Cl)c23)NC1=O. The topological polar surface area (TPSA) is 121 Å². The number of carbonyl (C=O) groups excluding carboxylic acids is 1. The Morgan fingerprint density at radius 1 is 1.21 bits per heavy atom. The van der Waals surface area contributed by atoms with E-state index in [1.165, 1.54) is 7.11 Å². The summed E-state index contributed by atoms with van der Waals surface area (Å²) in [5.74, 6) is 0.706. The number of rotatable bonds is 6. The molecule has 1 unspecified atom stereocenters. The van der Waals surface area contributed by atoms with E-state index >= 15 is 0 Å². The fourth-order valence-electron chi connectivity index (χ4n) is 4.03. The molecule has 9 nitrogen and oxygen atoms in total. The molecule has 2 atom stereocenters. The Kier molecular flexibility index (Phi) is 5.60. The summed E-state index contributed by atoms with van der Waals surface area (Å²) in [7, 11) is 1.53. The van der Waals surface area contributed by atoms with Crippen LogP contribution in [0.4, 0.5) is 11.4 Å². The summed E-state index contributed by atoms with van der Waals surface area (Å²) >= 11 is 6.53. The first-order valence-corrected chi connectivity index (χ1v) is 10.9. The van der Waals surface area contributed by atoms with Crippen molar-refractivity contribution in [3.05, 3.63) is 71.1 Å². The van der Waals surface area contributed by atoms with Crippen LogP contribution in [0.15, 0.2) is 55.0 Å². The maximum absolute atomic E-state index is 12.6. The first kappa shape index (κ1) is 22.1. The number of H-pyrrole nitrogens is 1. The van der Waals surface area contributed by atoms with Crippen molar-refractivity contribution in [3.8, 4) is 11.6 Å². The number of amides is 1. The van der Waals surface area contributed by atoms with Gasteiger partial charge in [0.15, 0.2) is 0 Å². The van der Waals surface area contributed by atoms with Crippen molar-refractivity contribution in [2.45, 2.75) is 18.6 Å². The third-order valence-corrected chi connectivity index (χ3v) is 6.06. The number of carbonyl (C=O) groups is 1. The number of hydrogen-bond donors (Lipinski definition) is 4. The van der Waals surface area contributed by atoms with Crippen molar-refractivity contribution in [1.82, 2.24) is 15.0 Å². The van der Waals surface area contributed by atoms with Gasteiger partial charge in [0.25, 0.3) is 5.91 Å². The Morgan fingerprint density at radius 3 is 2.79 bits per heavy atom. The molecule has 0 aliphatic carbocycles. The van der Waals surface area contributed by atoms with E-state index in [0.29, 0.717) is 50.2 Å². The Morgan fingerprint density at radius 2 is 2.06 bits per heavy atom. The molecule has 0 spiro atoms. The monoisotopic (exact) mass is 479 g/mol. The summed E-state index contributed by atoms with van der Waals surface area (Å²) in [5, 5.41) is 18.4. The lowest BCUT2D eigenvalue weighted by Gasteiger charge is -2.35. The molecule has 4 N–H and O–H groups in total. The van der Waals surface area contributed by atoms with E-state index in [9.17, 15) is 9.90 Å². The van der Waals surface area contributed by atoms with Crippen molar-refractivity contribution in [1.29, 1.82) is 0 Å². The lowest BCUT2D eigenvalue weighted by molar-refractivity contribution is -0.121. The van der Waals surface area contributed by atoms with Gasteiger partial charge in [-0.25, -0.2) is 9.97 Å². The fraction of sp³-hybridized carbons (Fsp3) is 0.208. The first-order chi connectivity index (χ1) is 16.4. The summed E-state index contributed by atoms with van der Waals surface area (Å²) in [4.78, 5) is 24.2. The lowest BCUT2D eigenvalue weighted by Crippen LogP contribution is -2.53. The van der Waals surface area contributed by atoms with Crippen LogP contribution in [0, 0.1) is 0 Å². The van der Waals surface area contributed by atoms with Gasteiger partial charge >= 0.3 is 0 Å². The molecule has 1 aliphatic heterocycles. The number of benzene rings is 1. The van der Waals surface area contributed by atoms with Crippen LogP contribution in [-0.4, -0.2) is 45.2 Å². The minimum atomic E-state index is -1.06. The molecule has 1 aromatic carbocycles. The van der Waals surface area contributed by atoms with Crippen molar-refractivity contribution in [2.24, 2.45) is 0 Å². The highest BCUT2D eigenvalue weighted by atomic mass is 35.5. The zero-order valence-corrected chi connectivity index (χ0v) is 19.2. The average Bonchev–Trinajstić information content (AvgIpc) is 3.25. The van der Waals surface area contributed by atoms with E-state index in [-0.39, 0.29) is 12.5 Å². The second-order valence-electron chi connectivity index (χ2n) is 8.21. The van der Waals surface area contributed by atoms with Crippen molar-refractivity contribution in [3.63, 3.8) is 0 Å². The lowest BCUT2D eigenvalue weighted by atomic mass is 9.95. The molecule has 1 aliphatic rings. The van der Waals surface area contributed by atoms with E-state index in [1.807, 2.05) is 6.07 Å². The van der Waals surface area contributed by atoms with Crippen LogP contribution in [0.25, 0.3) is 11.0 Å². The molecule has 174 valence electrons. The van der Waals surface area contributed by atoms with Gasteiger partial charge in [0, 0.05) is 36.7 Å². The number of aliphatic hydroxyl groups excluding tert-OH is 1. The minimum absolute atomic E-state index is 0.161. The molecule has 5 rings (SSSR count). The molecule has 1 amide bonds. The smallest absolute Gasteiger partial charge is 0.252 e. The van der Waals surface area contributed by atoms with Gasteiger partial charge in [-0.05, 0) is 25.1 Å². The van der Waals surface area contributed by atoms with Gasteiger partial charge in [-0.3, -0.25) is 4.79 Å². The highest BCUT2D eigenvalue weighted by Crippen LogP contribution is 2.42. The van der Waals surface area contributed by atoms with Crippen LogP contribution in [0.2, 0.25) is 5.02 Å². The number of ether oxygens (including phenoxy) is 2. The first-order valence-electron chi connectivity index (χ1n) is 10.5. The van der Waals surface area contributed by atoms with E-state index in [4.69, 9.17) is 21.1 Å². The van der Waals surface area contributed by atoms with Crippen LogP contribution >= 0.6 is 11.6 Å². The Balaban J connectivity index is 1.52. The molecule has 0 fully saturated rings. The summed E-state index contributed by atoms with van der Waals surface area (Å²) in [5.41, 5.74) is 1.78. The van der Waals surface area contributed by atoms with Gasteiger partial charge in [-0.2, -0.15) is 0 Å². The van der Waals surface area contributed by atoms with Gasteiger partial charge in [0.2, 0.25) is 5.88 Å². The molecule has 0 saturated heterocycles. The summed E-state index contributed by atoms with van der Waals surface area (Å²) in [6.07, 6.45) is 3.82. The number of halogens is 1. The third-order valence-electron chi connectivity index (χ3n) is 5.74. The normalized spacial score (nSPS) is 18.2. The van der Waals surface area contributed by atoms with Gasteiger partial charge in [0.05, 0.1) is 34.6 Å². The standard InChI is InChI=1S/C24H22ClN5O4/c1-24(12-33-2)23(32)29-17-11-28-22-19(20(17)30-24)15(10-27-22)21(31)14-7-6-13(9-16(14)25)34-18-5-3-4-8-26-18/h3-11,21,30-31H,12H2,1-2H3,(H,27,28)(H,29,32)/t21?,24-/m0/s1. The van der Waals surface area contributed by atoms with Crippen LogP contribution in [0.1, 0.15) is 24.2 Å². The van der Waals surface area contributed by atoms with Crippen molar-refractivity contribution < 1.29 is 19.4 Å². The molecule has 4 heterocycles. The number of aromatic nitrogens is 3. The zero-order valence-electron chi connectivity index (χ0n) is 18.4. The average molecular weight is 480 g/mol. The van der Waals surface area contributed by atoms with Crippen LogP contribution in [0.3, 0.4) is 0 Å². The van der Waals surface area contributed by atoms with Gasteiger partial charge in [-0.1, -0.05) is 23.7 Å². The maximum Gasteiger partial charge on any atom is 0.252 e. The minimum Gasteiger partial charge on any atom is -0.439 e. The predicted molar refractivity (Wildman–Crippen MR) is 128 cm³/mol. The number of aliphatic hydroxyl groups is 1. The third kappa shape index (κ3) is 3.83. The van der Waals surface area contributed by atoms with Gasteiger partial charge < -0.3 is 30.2 Å². The zero-order chi connectivity index (χ0) is 23.9. The van der Waals surface area contributed by atoms with Gasteiger partial charge in [-0.15, -0.1) is 0 Å². The van der Waals surface area contributed by atoms with Gasteiger partial charge in [0.1, 0.15) is 23.0 Å². The fourth-order valence-corrected chi connectivity index (χ4v) is 4.31. The number of anilines is 2. The molecular weight excluding hydrogens is 458 g/mol. The second-order valence-corrected chi connectivity index (χ2v) is 8.62. The Bertz CT molecular complexity index is 1380. The maximum atomic E-state index is 12.6. The molecule has 34 heavy (non-hydrogen) atoms. The van der Waals surface area contributed by atoms with E-state index in [2.05, 4.69) is 25.6 Å². The molecule has 3 aromatic heterocycles. The summed E-state index contributed by atoms with van der Waals surface area (Å²) < 4.78 is 11.0. The second kappa shape index (κ2) is 8.60. The quantitative estimate of drug-likeness (QED) is 0.326. The van der Waals surface area contributed by atoms with Crippen LogP contribution in [-0.2, 0) is 9.53 Å². The largest absolute Gasteiger partial charge is 0.439 e. The Labute approximate surface area is 200 Å². The number of fused-ring (bicyclic) bond motifs is 3. The van der Waals surface area contributed by atoms with Crippen molar-refractivity contribution in [2.75, 3.05) is 24.4 Å². The highest BCUT2D eigenvalue weighted by Gasteiger charge is 2.39. The summed E-state index contributed by atoms with van der Waals surface area (Å²) in [6.45, 7) is 1.91. The number of methoxy groups -OCH3 is 1.